The molecule has 1 unspecified atom stereocenters. The standard InChI is InChI=1S/C14H18FNO/c15-12-1-2-13-10(9-12)3-6-14(13,16)11-4-7-17-8-5-11/h1-2,9,11H,3-8,16H2. The molecule has 1 heterocycles. The monoisotopic (exact) mass is 235 g/mol. The zero-order valence-corrected chi connectivity index (χ0v) is 9.92. The van der Waals surface area contributed by atoms with E-state index in [1.165, 1.54) is 6.07 Å². The maximum Gasteiger partial charge on any atom is 0.123 e. The van der Waals surface area contributed by atoms with Crippen LogP contribution < -0.4 is 5.73 Å². The van der Waals surface area contributed by atoms with Gasteiger partial charge in [-0.25, -0.2) is 4.39 Å². The number of nitrogens with two attached hydrogens (primary N) is 1. The number of ether oxygens (including phenoxy) is 1. The highest BCUT2D eigenvalue weighted by Crippen LogP contribution is 2.43. The lowest BCUT2D eigenvalue weighted by molar-refractivity contribution is 0.0374. The number of hydrogen-bond donors (Lipinski definition) is 1. The van der Waals surface area contributed by atoms with Gasteiger partial charge in [0.1, 0.15) is 5.82 Å². The first kappa shape index (κ1) is 11.2. The van der Waals surface area contributed by atoms with E-state index in [0.29, 0.717) is 5.92 Å². The number of halogens is 1. The molecule has 1 aliphatic heterocycles. The summed E-state index contributed by atoms with van der Waals surface area (Å²) in [7, 11) is 0. The van der Waals surface area contributed by atoms with E-state index < -0.39 is 0 Å². The van der Waals surface area contributed by atoms with Crippen LogP contribution in [0.4, 0.5) is 4.39 Å². The van der Waals surface area contributed by atoms with Crippen molar-refractivity contribution in [3.63, 3.8) is 0 Å². The van der Waals surface area contributed by atoms with E-state index in [-0.39, 0.29) is 11.4 Å². The summed E-state index contributed by atoms with van der Waals surface area (Å²) in [5, 5.41) is 0. The highest BCUT2D eigenvalue weighted by atomic mass is 19.1. The highest BCUT2D eigenvalue weighted by Gasteiger charge is 2.42. The minimum atomic E-state index is -0.257. The average molecular weight is 235 g/mol. The second-order valence-electron chi connectivity index (χ2n) is 5.23. The molecule has 92 valence electrons. The van der Waals surface area contributed by atoms with Crippen LogP contribution in [0.2, 0.25) is 0 Å². The Labute approximate surface area is 101 Å². The Bertz CT molecular complexity index is 428. The largest absolute Gasteiger partial charge is 0.381 e. The van der Waals surface area contributed by atoms with Crippen molar-refractivity contribution in [1.82, 2.24) is 0 Å². The maximum atomic E-state index is 13.2. The van der Waals surface area contributed by atoms with Gasteiger partial charge in [-0.1, -0.05) is 6.07 Å². The summed E-state index contributed by atoms with van der Waals surface area (Å²) >= 11 is 0. The fraction of sp³-hybridized carbons (Fsp3) is 0.571. The Morgan fingerprint density at radius 1 is 1.29 bits per heavy atom. The van der Waals surface area contributed by atoms with E-state index in [1.807, 2.05) is 6.07 Å². The number of rotatable bonds is 1. The normalized spacial score (nSPS) is 29.3. The molecule has 3 heteroatoms. The van der Waals surface area contributed by atoms with E-state index in [1.54, 1.807) is 6.07 Å². The Kier molecular flexibility index (Phi) is 2.68. The van der Waals surface area contributed by atoms with Crippen molar-refractivity contribution in [2.45, 2.75) is 31.2 Å². The maximum absolute atomic E-state index is 13.2. The second kappa shape index (κ2) is 4.07. The molecule has 0 spiro atoms. The van der Waals surface area contributed by atoms with Gasteiger partial charge in [0, 0.05) is 18.8 Å². The van der Waals surface area contributed by atoms with Crippen molar-refractivity contribution >= 4 is 0 Å². The molecular weight excluding hydrogens is 217 g/mol. The van der Waals surface area contributed by atoms with Crippen LogP contribution in [0.15, 0.2) is 18.2 Å². The SMILES string of the molecule is NC1(C2CCOCC2)CCc2cc(F)ccc21. The number of fused-ring (bicyclic) bond motifs is 1. The number of aryl methyl sites for hydroxylation is 1. The molecule has 0 bridgehead atoms. The quantitative estimate of drug-likeness (QED) is 0.811. The average Bonchev–Trinajstić information content (AvgIpc) is 2.69. The summed E-state index contributed by atoms with van der Waals surface area (Å²) in [5.74, 6) is 0.322. The molecule has 0 aromatic heterocycles. The Hall–Kier alpha value is -0.930. The highest BCUT2D eigenvalue weighted by molar-refractivity contribution is 5.39. The zero-order chi connectivity index (χ0) is 11.9. The van der Waals surface area contributed by atoms with Gasteiger partial charge in [0.05, 0.1) is 0 Å². The Balaban J connectivity index is 1.95. The van der Waals surface area contributed by atoms with Crippen molar-refractivity contribution in [1.29, 1.82) is 0 Å². The van der Waals surface area contributed by atoms with Crippen molar-refractivity contribution < 1.29 is 9.13 Å². The minimum Gasteiger partial charge on any atom is -0.381 e. The van der Waals surface area contributed by atoms with Gasteiger partial charge in [0.15, 0.2) is 0 Å². The summed E-state index contributed by atoms with van der Waals surface area (Å²) in [5.41, 5.74) is 8.61. The van der Waals surface area contributed by atoms with E-state index in [0.717, 1.165) is 50.0 Å². The summed E-state index contributed by atoms with van der Waals surface area (Å²) < 4.78 is 18.6. The fourth-order valence-electron chi connectivity index (χ4n) is 3.34. The van der Waals surface area contributed by atoms with Crippen molar-refractivity contribution in [2.75, 3.05) is 13.2 Å². The molecule has 2 N–H and O–H groups in total. The molecule has 1 saturated heterocycles. The molecule has 1 aromatic rings. The van der Waals surface area contributed by atoms with Gasteiger partial charge in [-0.2, -0.15) is 0 Å². The molecule has 0 saturated carbocycles. The molecule has 1 atom stereocenters. The van der Waals surface area contributed by atoms with Crippen molar-refractivity contribution in [3.05, 3.63) is 35.1 Å². The Morgan fingerprint density at radius 3 is 2.82 bits per heavy atom. The predicted molar refractivity (Wildman–Crippen MR) is 64.1 cm³/mol. The van der Waals surface area contributed by atoms with Crippen LogP contribution in [0.5, 0.6) is 0 Å². The van der Waals surface area contributed by atoms with E-state index >= 15 is 0 Å². The van der Waals surface area contributed by atoms with Gasteiger partial charge in [-0.3, -0.25) is 0 Å². The molecule has 1 aliphatic carbocycles. The molecule has 2 aliphatic rings. The van der Waals surface area contributed by atoms with Crippen LogP contribution in [-0.2, 0) is 16.7 Å². The van der Waals surface area contributed by atoms with Crippen LogP contribution in [-0.4, -0.2) is 13.2 Å². The van der Waals surface area contributed by atoms with Gasteiger partial charge in [-0.05, 0) is 54.9 Å². The molecule has 3 rings (SSSR count). The lowest BCUT2D eigenvalue weighted by Gasteiger charge is -2.37. The van der Waals surface area contributed by atoms with Gasteiger partial charge in [-0.15, -0.1) is 0 Å². The van der Waals surface area contributed by atoms with Gasteiger partial charge < -0.3 is 10.5 Å². The van der Waals surface area contributed by atoms with Gasteiger partial charge in [0.2, 0.25) is 0 Å². The third-order valence-corrected chi connectivity index (χ3v) is 4.33. The predicted octanol–water partition coefficient (Wildman–Crippen LogP) is 2.35. The van der Waals surface area contributed by atoms with Gasteiger partial charge >= 0.3 is 0 Å². The zero-order valence-electron chi connectivity index (χ0n) is 9.92. The van der Waals surface area contributed by atoms with E-state index in [4.69, 9.17) is 10.5 Å². The summed E-state index contributed by atoms with van der Waals surface area (Å²) in [6, 6.07) is 5.06. The molecule has 2 nitrogen and oxygen atoms in total. The first-order valence-electron chi connectivity index (χ1n) is 6.36. The minimum absolute atomic E-state index is 0.153. The molecule has 17 heavy (non-hydrogen) atoms. The summed E-state index contributed by atoms with van der Waals surface area (Å²) in [6.45, 7) is 1.61. The molecule has 0 radical (unpaired) electrons. The van der Waals surface area contributed by atoms with Gasteiger partial charge in [0.25, 0.3) is 0 Å². The second-order valence-corrected chi connectivity index (χ2v) is 5.23. The third kappa shape index (κ3) is 1.78. The van der Waals surface area contributed by atoms with Crippen LogP contribution >= 0.6 is 0 Å². The molecule has 1 fully saturated rings. The third-order valence-electron chi connectivity index (χ3n) is 4.33. The molecule has 0 amide bonds. The number of benzene rings is 1. The van der Waals surface area contributed by atoms with Crippen molar-refractivity contribution in [2.24, 2.45) is 11.7 Å². The van der Waals surface area contributed by atoms with Crippen LogP contribution in [0.3, 0.4) is 0 Å². The smallest absolute Gasteiger partial charge is 0.123 e. The first-order chi connectivity index (χ1) is 8.20. The fourth-order valence-corrected chi connectivity index (χ4v) is 3.34. The lowest BCUT2D eigenvalue weighted by Crippen LogP contribution is -2.44. The van der Waals surface area contributed by atoms with E-state index in [2.05, 4.69) is 0 Å². The topological polar surface area (TPSA) is 35.2 Å². The van der Waals surface area contributed by atoms with Crippen LogP contribution in [0.1, 0.15) is 30.4 Å². The van der Waals surface area contributed by atoms with E-state index in [9.17, 15) is 4.39 Å². The van der Waals surface area contributed by atoms with Crippen LogP contribution in [0, 0.1) is 11.7 Å². The summed E-state index contributed by atoms with van der Waals surface area (Å²) in [6.07, 6.45) is 3.89. The molecule has 1 aromatic carbocycles. The van der Waals surface area contributed by atoms with Crippen molar-refractivity contribution in [3.8, 4) is 0 Å². The van der Waals surface area contributed by atoms with Crippen LogP contribution in [0.25, 0.3) is 0 Å². The first-order valence-corrected chi connectivity index (χ1v) is 6.36. The Morgan fingerprint density at radius 2 is 2.06 bits per heavy atom. The lowest BCUT2D eigenvalue weighted by atomic mass is 9.76. The molecular formula is C14H18FNO. The summed E-state index contributed by atoms with van der Waals surface area (Å²) in [4.78, 5) is 0. The number of hydrogen-bond acceptors (Lipinski definition) is 2.